The number of hydrogen-bond acceptors (Lipinski definition) is 2. The Morgan fingerprint density at radius 3 is 2.42 bits per heavy atom. The highest BCUT2D eigenvalue weighted by Gasteiger charge is 2.03. The Hall–Kier alpha value is -2.35. The molecule has 1 aromatic carbocycles. The second-order valence-electron chi connectivity index (χ2n) is 4.27. The molecule has 2 heteroatoms. The lowest BCUT2D eigenvalue weighted by Crippen LogP contribution is -1.91. The Balaban J connectivity index is 2.42. The van der Waals surface area contributed by atoms with E-state index in [4.69, 9.17) is 10.7 Å². The van der Waals surface area contributed by atoms with Crippen molar-refractivity contribution in [2.24, 2.45) is 0 Å². The van der Waals surface area contributed by atoms with Crippen LogP contribution in [0.3, 0.4) is 0 Å². The molecule has 0 fully saturated rings. The van der Waals surface area contributed by atoms with Gasteiger partial charge in [0.15, 0.2) is 0 Å². The molecular weight excluding hydrogens is 232 g/mol. The van der Waals surface area contributed by atoms with Crippen molar-refractivity contribution < 1.29 is 0 Å². The number of pyridine rings is 1. The van der Waals surface area contributed by atoms with Gasteiger partial charge in [-0.3, -0.25) is 0 Å². The number of hydrogen-bond donors (Lipinski definition) is 1. The van der Waals surface area contributed by atoms with Gasteiger partial charge in [0.2, 0.25) is 0 Å². The number of benzene rings is 1. The summed E-state index contributed by atoms with van der Waals surface area (Å²) in [6.45, 7) is 4.03. The molecule has 2 rings (SSSR count). The Labute approximate surface area is 114 Å². The van der Waals surface area contributed by atoms with Crippen LogP contribution in [-0.2, 0) is 0 Å². The Morgan fingerprint density at radius 1 is 1.05 bits per heavy atom. The Kier molecular flexibility index (Phi) is 4.14. The average molecular weight is 250 g/mol. The van der Waals surface area contributed by atoms with Crippen molar-refractivity contribution in [1.82, 2.24) is 4.98 Å². The third-order valence-electron chi connectivity index (χ3n) is 2.91. The second kappa shape index (κ2) is 6.01. The van der Waals surface area contributed by atoms with Crippen LogP contribution in [0.15, 0.2) is 60.7 Å². The zero-order valence-electron chi connectivity index (χ0n) is 11.3. The molecule has 0 saturated heterocycles. The molecule has 0 radical (unpaired) electrons. The Bertz CT molecular complexity index is 607. The van der Waals surface area contributed by atoms with Crippen LogP contribution in [0.1, 0.15) is 19.5 Å². The fourth-order valence-electron chi connectivity index (χ4n) is 1.92. The van der Waals surface area contributed by atoms with Crippen LogP contribution in [0.5, 0.6) is 0 Å². The summed E-state index contributed by atoms with van der Waals surface area (Å²) in [6, 6.07) is 13.8. The Morgan fingerprint density at radius 2 is 1.79 bits per heavy atom. The van der Waals surface area contributed by atoms with Crippen LogP contribution in [0.25, 0.3) is 16.8 Å². The molecule has 2 nitrogen and oxygen atoms in total. The first-order chi connectivity index (χ1) is 9.24. The van der Waals surface area contributed by atoms with E-state index in [2.05, 4.69) is 12.2 Å². The molecule has 0 aliphatic rings. The third-order valence-corrected chi connectivity index (χ3v) is 2.91. The normalized spacial score (nSPS) is 12.0. The highest BCUT2D eigenvalue weighted by atomic mass is 14.7. The van der Waals surface area contributed by atoms with Gasteiger partial charge in [0, 0.05) is 11.3 Å². The summed E-state index contributed by atoms with van der Waals surface area (Å²) in [5.74, 6) is 0. The largest absolute Gasteiger partial charge is 0.399 e. The fraction of sp³-hybridized carbons (Fsp3) is 0.118. The predicted molar refractivity (Wildman–Crippen MR) is 82.6 cm³/mol. The molecule has 96 valence electrons. The zero-order chi connectivity index (χ0) is 13.7. The summed E-state index contributed by atoms with van der Waals surface area (Å²) >= 11 is 0. The van der Waals surface area contributed by atoms with Crippen molar-refractivity contribution in [1.29, 1.82) is 0 Å². The molecule has 0 amide bonds. The molecule has 0 unspecified atom stereocenters. The number of allylic oxidation sites excluding steroid dienone is 4. The van der Waals surface area contributed by atoms with E-state index in [9.17, 15) is 0 Å². The summed E-state index contributed by atoms with van der Waals surface area (Å²) in [5.41, 5.74) is 10.6. The van der Waals surface area contributed by atoms with Gasteiger partial charge in [-0.15, -0.1) is 0 Å². The van der Waals surface area contributed by atoms with Gasteiger partial charge in [0.25, 0.3) is 0 Å². The van der Waals surface area contributed by atoms with Gasteiger partial charge >= 0.3 is 0 Å². The highest BCUT2D eigenvalue weighted by Crippen LogP contribution is 2.21. The molecule has 0 atom stereocenters. The number of rotatable bonds is 3. The molecule has 2 N–H and O–H groups in total. The van der Waals surface area contributed by atoms with Crippen LogP contribution >= 0.6 is 0 Å². The number of nitrogens with zero attached hydrogens (tertiary/aromatic N) is 1. The molecule has 0 aliphatic heterocycles. The van der Waals surface area contributed by atoms with E-state index in [0.717, 1.165) is 28.2 Å². The number of aromatic nitrogens is 1. The summed E-state index contributed by atoms with van der Waals surface area (Å²) in [4.78, 5) is 4.70. The minimum Gasteiger partial charge on any atom is -0.399 e. The number of anilines is 1. The molecular formula is C17H18N2. The standard InChI is InChI=1S/C17H18N2/c1-3-6-13(4-2)16-7-5-8-17(19-16)14-9-11-15(18)12-10-14/h3-12H,18H2,1-2H3/b6-3-,13-4+. The van der Waals surface area contributed by atoms with E-state index in [1.165, 1.54) is 0 Å². The van der Waals surface area contributed by atoms with E-state index in [0.29, 0.717) is 0 Å². The van der Waals surface area contributed by atoms with Gasteiger partial charge in [-0.25, -0.2) is 4.98 Å². The molecule has 2 aromatic rings. The first-order valence-electron chi connectivity index (χ1n) is 6.37. The summed E-state index contributed by atoms with van der Waals surface area (Å²) < 4.78 is 0. The monoisotopic (exact) mass is 250 g/mol. The average Bonchev–Trinajstić information content (AvgIpc) is 2.45. The van der Waals surface area contributed by atoms with Gasteiger partial charge < -0.3 is 5.73 Å². The van der Waals surface area contributed by atoms with Crippen molar-refractivity contribution in [2.75, 3.05) is 5.73 Å². The second-order valence-corrected chi connectivity index (χ2v) is 4.27. The fourth-order valence-corrected chi connectivity index (χ4v) is 1.92. The van der Waals surface area contributed by atoms with Crippen LogP contribution in [0, 0.1) is 0 Å². The molecule has 1 heterocycles. The minimum atomic E-state index is 0.767. The molecule has 19 heavy (non-hydrogen) atoms. The quantitative estimate of drug-likeness (QED) is 0.651. The third kappa shape index (κ3) is 3.10. The summed E-state index contributed by atoms with van der Waals surface area (Å²) in [6.07, 6.45) is 6.15. The van der Waals surface area contributed by atoms with Crippen LogP contribution in [0.2, 0.25) is 0 Å². The first kappa shape index (κ1) is 13.1. The first-order valence-corrected chi connectivity index (χ1v) is 6.37. The summed E-state index contributed by atoms with van der Waals surface area (Å²) in [5, 5.41) is 0. The number of nitrogens with two attached hydrogens (primary N) is 1. The lowest BCUT2D eigenvalue weighted by molar-refractivity contribution is 1.28. The molecule has 0 aliphatic carbocycles. The molecule has 0 spiro atoms. The smallest absolute Gasteiger partial charge is 0.0709 e. The lowest BCUT2D eigenvalue weighted by atomic mass is 10.1. The van der Waals surface area contributed by atoms with Crippen LogP contribution in [0.4, 0.5) is 5.69 Å². The van der Waals surface area contributed by atoms with Crippen LogP contribution in [-0.4, -0.2) is 4.98 Å². The van der Waals surface area contributed by atoms with E-state index < -0.39 is 0 Å². The molecule has 0 saturated carbocycles. The highest BCUT2D eigenvalue weighted by molar-refractivity contribution is 5.73. The van der Waals surface area contributed by atoms with Crippen molar-refractivity contribution in [2.45, 2.75) is 13.8 Å². The van der Waals surface area contributed by atoms with Gasteiger partial charge in [0.1, 0.15) is 0 Å². The van der Waals surface area contributed by atoms with Crippen molar-refractivity contribution in [3.05, 3.63) is 66.4 Å². The topological polar surface area (TPSA) is 38.9 Å². The van der Waals surface area contributed by atoms with Gasteiger partial charge in [-0.05, 0) is 43.7 Å². The lowest BCUT2D eigenvalue weighted by Gasteiger charge is -2.06. The summed E-state index contributed by atoms with van der Waals surface area (Å²) in [7, 11) is 0. The van der Waals surface area contributed by atoms with Gasteiger partial charge in [0.05, 0.1) is 11.4 Å². The van der Waals surface area contributed by atoms with Gasteiger partial charge in [-0.2, -0.15) is 0 Å². The SMILES string of the molecule is C/C=C\C(=C/C)c1cccc(-c2ccc(N)cc2)n1. The van der Waals surface area contributed by atoms with Crippen molar-refractivity contribution in [3.63, 3.8) is 0 Å². The number of nitrogen functional groups attached to an aromatic ring is 1. The maximum absolute atomic E-state index is 5.71. The zero-order valence-corrected chi connectivity index (χ0v) is 11.3. The molecule has 1 aromatic heterocycles. The van der Waals surface area contributed by atoms with Crippen molar-refractivity contribution in [3.8, 4) is 11.3 Å². The minimum absolute atomic E-state index is 0.767. The predicted octanol–water partition coefficient (Wildman–Crippen LogP) is 4.31. The van der Waals surface area contributed by atoms with E-state index in [1.807, 2.05) is 62.4 Å². The van der Waals surface area contributed by atoms with Gasteiger partial charge in [-0.1, -0.05) is 36.4 Å². The van der Waals surface area contributed by atoms with Crippen LogP contribution < -0.4 is 5.73 Å². The van der Waals surface area contributed by atoms with E-state index in [-0.39, 0.29) is 0 Å². The van der Waals surface area contributed by atoms with E-state index >= 15 is 0 Å². The maximum Gasteiger partial charge on any atom is 0.0709 e. The van der Waals surface area contributed by atoms with E-state index in [1.54, 1.807) is 0 Å². The maximum atomic E-state index is 5.71. The molecule has 0 bridgehead atoms. The van der Waals surface area contributed by atoms with Crippen molar-refractivity contribution >= 4 is 11.3 Å².